The van der Waals surface area contributed by atoms with Crippen molar-refractivity contribution in [2.75, 3.05) is 56.0 Å². The lowest BCUT2D eigenvalue weighted by atomic mass is 10.1. The Kier molecular flexibility index (Phi) is 7.91. The second-order valence-corrected chi connectivity index (χ2v) is 9.93. The Labute approximate surface area is 214 Å². The summed E-state index contributed by atoms with van der Waals surface area (Å²) in [5, 5.41) is 14.0. The Bertz CT molecular complexity index is 1120. The molecule has 4 rings (SSSR count). The van der Waals surface area contributed by atoms with Crippen molar-refractivity contribution in [2.45, 2.75) is 32.5 Å². The number of piperazine rings is 1. The van der Waals surface area contributed by atoms with E-state index >= 15 is 0 Å². The Morgan fingerprint density at radius 1 is 1.11 bits per heavy atom. The topological polar surface area (TPSA) is 82.0 Å². The molecule has 8 nitrogen and oxygen atoms in total. The largest absolute Gasteiger partial charge is 0.423 e. The minimum Gasteiger partial charge on any atom is -0.380 e. The summed E-state index contributed by atoms with van der Waals surface area (Å²) in [7, 11) is 0. The summed E-state index contributed by atoms with van der Waals surface area (Å²) in [5.74, 6) is -0.161. The van der Waals surface area contributed by atoms with Gasteiger partial charge in [-0.25, -0.2) is 0 Å². The van der Waals surface area contributed by atoms with Crippen LogP contribution in [0.1, 0.15) is 24.5 Å². The number of anilines is 2. The number of benzene rings is 2. The second-order valence-electron chi connectivity index (χ2n) is 9.93. The Morgan fingerprint density at radius 2 is 1.78 bits per heavy atom. The molecule has 2 fully saturated rings. The molecule has 0 bridgehead atoms. The summed E-state index contributed by atoms with van der Waals surface area (Å²) < 4.78 is 39.8. The van der Waals surface area contributed by atoms with Crippen LogP contribution in [0.5, 0.6) is 0 Å². The summed E-state index contributed by atoms with van der Waals surface area (Å²) in [5.41, 5.74) is 0.323. The molecule has 2 heterocycles. The monoisotopic (exact) mass is 519 g/mol. The first-order valence-corrected chi connectivity index (χ1v) is 12.5. The maximum absolute atomic E-state index is 13.3. The molecule has 1 amide bonds. The molecular weight excluding hydrogens is 487 g/mol. The number of carbonyl (C=O) groups excluding carboxylic acids is 1. The van der Waals surface area contributed by atoms with Crippen molar-refractivity contribution in [2.24, 2.45) is 5.92 Å². The molecule has 0 aliphatic carbocycles. The van der Waals surface area contributed by atoms with E-state index in [1.807, 2.05) is 6.92 Å². The fourth-order valence-corrected chi connectivity index (χ4v) is 5.05. The van der Waals surface area contributed by atoms with Gasteiger partial charge in [0, 0.05) is 75.2 Å². The molecule has 2 aromatic rings. The third-order valence-corrected chi connectivity index (χ3v) is 7.09. The summed E-state index contributed by atoms with van der Waals surface area (Å²) in [6.45, 7) is 9.08. The number of hydrogen-bond acceptors (Lipinski definition) is 6. The van der Waals surface area contributed by atoms with E-state index in [-0.39, 0.29) is 23.6 Å². The summed E-state index contributed by atoms with van der Waals surface area (Å²) in [6.07, 6.45) is -4.25. The lowest BCUT2D eigenvalue weighted by Crippen LogP contribution is -2.49. The molecule has 200 valence electrons. The lowest BCUT2D eigenvalue weighted by Gasteiger charge is -2.37. The van der Waals surface area contributed by atoms with Gasteiger partial charge in [0.05, 0.1) is 4.92 Å². The molecular formula is C26H32F3N5O3. The first kappa shape index (κ1) is 26.7. The standard InChI is InChI=1S/C26H32F3N5O3/c1-18-3-6-22(7-4-18)32-13-11-31(12-14-32)16-19(2)25(35)33-10-9-21(17-33)30-20-5-8-24(34(36)37)23(15-20)26(27,28)29/h3-8,15,19,21,30H,9-14,16-17H2,1-2H3/t19?,21-/m0/s1. The van der Waals surface area contributed by atoms with E-state index in [0.717, 1.165) is 38.3 Å². The first-order chi connectivity index (χ1) is 17.5. The van der Waals surface area contributed by atoms with E-state index in [0.29, 0.717) is 26.1 Å². The smallest absolute Gasteiger partial charge is 0.380 e. The maximum Gasteiger partial charge on any atom is 0.423 e. The van der Waals surface area contributed by atoms with E-state index in [9.17, 15) is 28.1 Å². The van der Waals surface area contributed by atoms with Gasteiger partial charge >= 0.3 is 6.18 Å². The minimum absolute atomic E-state index is 0.0324. The molecule has 11 heteroatoms. The highest BCUT2D eigenvalue weighted by Gasteiger charge is 2.39. The Balaban J connectivity index is 1.27. The summed E-state index contributed by atoms with van der Waals surface area (Å²) in [6, 6.07) is 11.2. The van der Waals surface area contributed by atoms with Gasteiger partial charge in [0.1, 0.15) is 5.56 Å². The molecule has 2 atom stereocenters. The fourth-order valence-electron chi connectivity index (χ4n) is 5.05. The average molecular weight is 520 g/mol. The maximum atomic E-state index is 13.3. The predicted octanol–water partition coefficient (Wildman–Crippen LogP) is 4.39. The normalized spacial score (nSPS) is 19.6. The number of rotatable bonds is 7. The van der Waals surface area contributed by atoms with Crippen LogP contribution < -0.4 is 10.2 Å². The van der Waals surface area contributed by atoms with E-state index in [2.05, 4.69) is 46.3 Å². The molecule has 0 aromatic heterocycles. The molecule has 0 saturated carbocycles. The van der Waals surface area contributed by atoms with Gasteiger partial charge in [-0.15, -0.1) is 0 Å². The van der Waals surface area contributed by atoms with Crippen LogP contribution in [0.15, 0.2) is 42.5 Å². The van der Waals surface area contributed by atoms with E-state index < -0.39 is 22.4 Å². The molecule has 2 aromatic carbocycles. The first-order valence-electron chi connectivity index (χ1n) is 12.5. The lowest BCUT2D eigenvalue weighted by molar-refractivity contribution is -0.388. The number of aryl methyl sites for hydroxylation is 1. The third-order valence-electron chi connectivity index (χ3n) is 7.09. The van der Waals surface area contributed by atoms with Crippen molar-refractivity contribution >= 4 is 23.0 Å². The second kappa shape index (κ2) is 11.0. The molecule has 2 aliphatic rings. The predicted molar refractivity (Wildman–Crippen MR) is 136 cm³/mol. The van der Waals surface area contributed by atoms with Gasteiger partial charge in [0.2, 0.25) is 5.91 Å². The number of nitro groups is 1. The fraction of sp³-hybridized carbons (Fsp3) is 0.500. The molecule has 0 radical (unpaired) electrons. The zero-order valence-corrected chi connectivity index (χ0v) is 21.0. The van der Waals surface area contributed by atoms with Gasteiger partial charge in [-0.05, 0) is 37.6 Å². The number of nitrogens with zero attached hydrogens (tertiary/aromatic N) is 4. The van der Waals surface area contributed by atoms with Crippen LogP contribution in [0.25, 0.3) is 0 Å². The molecule has 1 N–H and O–H groups in total. The number of halogens is 3. The van der Waals surface area contributed by atoms with Gasteiger partial charge in [-0.1, -0.05) is 24.6 Å². The van der Waals surface area contributed by atoms with Crippen LogP contribution in [0.2, 0.25) is 0 Å². The number of carbonyl (C=O) groups is 1. The molecule has 2 saturated heterocycles. The van der Waals surface area contributed by atoms with Gasteiger partial charge in [-0.2, -0.15) is 13.2 Å². The number of alkyl halides is 3. The zero-order chi connectivity index (χ0) is 26.7. The van der Waals surface area contributed by atoms with Crippen molar-refractivity contribution in [3.05, 3.63) is 63.7 Å². The zero-order valence-electron chi connectivity index (χ0n) is 21.0. The highest BCUT2D eigenvalue weighted by atomic mass is 19.4. The number of hydrogen-bond donors (Lipinski definition) is 1. The van der Waals surface area contributed by atoms with Crippen molar-refractivity contribution in [1.82, 2.24) is 9.80 Å². The van der Waals surface area contributed by atoms with E-state index in [1.54, 1.807) is 4.90 Å². The van der Waals surface area contributed by atoms with Gasteiger partial charge in [-0.3, -0.25) is 19.8 Å². The average Bonchev–Trinajstić information content (AvgIpc) is 3.32. The molecule has 2 aliphatic heterocycles. The molecule has 1 unspecified atom stereocenters. The molecule has 37 heavy (non-hydrogen) atoms. The van der Waals surface area contributed by atoms with Crippen molar-refractivity contribution in [1.29, 1.82) is 0 Å². The van der Waals surface area contributed by atoms with Crippen LogP contribution in [0.3, 0.4) is 0 Å². The van der Waals surface area contributed by atoms with E-state index in [1.165, 1.54) is 17.3 Å². The Morgan fingerprint density at radius 3 is 2.41 bits per heavy atom. The van der Waals surface area contributed by atoms with Crippen LogP contribution in [-0.4, -0.2) is 72.5 Å². The highest BCUT2D eigenvalue weighted by Crippen LogP contribution is 2.38. The van der Waals surface area contributed by atoms with Crippen LogP contribution in [0, 0.1) is 23.0 Å². The van der Waals surface area contributed by atoms with Gasteiger partial charge in [0.25, 0.3) is 5.69 Å². The molecule has 0 spiro atoms. The van der Waals surface area contributed by atoms with Gasteiger partial charge < -0.3 is 15.1 Å². The third kappa shape index (κ3) is 6.51. The number of nitro benzene ring substituents is 1. The van der Waals surface area contributed by atoms with Crippen molar-refractivity contribution in [3.63, 3.8) is 0 Å². The van der Waals surface area contributed by atoms with Gasteiger partial charge in [0.15, 0.2) is 0 Å². The van der Waals surface area contributed by atoms with Crippen LogP contribution in [-0.2, 0) is 11.0 Å². The number of nitrogens with one attached hydrogen (secondary N) is 1. The summed E-state index contributed by atoms with van der Waals surface area (Å²) >= 11 is 0. The number of likely N-dealkylation sites (tertiary alicyclic amines) is 1. The minimum atomic E-state index is -4.83. The van der Waals surface area contributed by atoms with Crippen LogP contribution in [0.4, 0.5) is 30.2 Å². The highest BCUT2D eigenvalue weighted by molar-refractivity contribution is 5.79. The van der Waals surface area contributed by atoms with Crippen LogP contribution >= 0.6 is 0 Å². The quantitative estimate of drug-likeness (QED) is 0.432. The SMILES string of the molecule is Cc1ccc(N2CCN(CC(C)C(=O)N3CC[C@H](Nc4ccc([N+](=O)[O-])c(C(F)(F)F)c4)C3)CC2)cc1. The van der Waals surface area contributed by atoms with E-state index in [4.69, 9.17) is 0 Å². The van der Waals surface area contributed by atoms with Crippen molar-refractivity contribution in [3.8, 4) is 0 Å². The Hall–Kier alpha value is -3.34. The summed E-state index contributed by atoms with van der Waals surface area (Å²) in [4.78, 5) is 29.4. The van der Waals surface area contributed by atoms with Crippen molar-refractivity contribution < 1.29 is 22.9 Å². The number of amides is 1.